The van der Waals surface area contributed by atoms with E-state index in [9.17, 15) is 9.18 Å². The van der Waals surface area contributed by atoms with Gasteiger partial charge in [0, 0.05) is 28.0 Å². The summed E-state index contributed by atoms with van der Waals surface area (Å²) >= 11 is 0. The molecule has 0 saturated heterocycles. The van der Waals surface area contributed by atoms with Crippen LogP contribution < -0.4 is 0 Å². The number of benzene rings is 3. The quantitative estimate of drug-likeness (QED) is 0.349. The van der Waals surface area contributed by atoms with Gasteiger partial charge in [-0.25, -0.2) is 9.18 Å². The van der Waals surface area contributed by atoms with Gasteiger partial charge in [-0.3, -0.25) is 0 Å². The van der Waals surface area contributed by atoms with Gasteiger partial charge in [0.15, 0.2) is 14.3 Å². The molecular formula is C20H14FO2S+. The first kappa shape index (κ1) is 14.8. The summed E-state index contributed by atoms with van der Waals surface area (Å²) in [6, 6.07) is 20.3. The van der Waals surface area contributed by atoms with Crippen LogP contribution in [0.4, 0.5) is 4.39 Å². The van der Waals surface area contributed by atoms with Crippen molar-refractivity contribution in [2.75, 3.05) is 7.11 Å². The highest BCUT2D eigenvalue weighted by Gasteiger charge is 2.27. The zero-order valence-electron chi connectivity index (χ0n) is 13.0. The van der Waals surface area contributed by atoms with E-state index in [1.807, 2.05) is 42.5 Å². The van der Waals surface area contributed by atoms with Crippen molar-refractivity contribution in [1.82, 2.24) is 0 Å². The number of halogens is 1. The van der Waals surface area contributed by atoms with Crippen LogP contribution in [0.25, 0.3) is 25.1 Å². The van der Waals surface area contributed by atoms with Crippen LogP contribution in [0.15, 0.2) is 66.7 Å². The molecule has 1 heterocycles. The molecule has 0 amide bonds. The van der Waals surface area contributed by atoms with Gasteiger partial charge in [-0.2, -0.15) is 0 Å². The van der Waals surface area contributed by atoms with E-state index in [-0.39, 0.29) is 22.3 Å². The summed E-state index contributed by atoms with van der Waals surface area (Å²) in [6.07, 6.45) is 0. The molecule has 1 aromatic heterocycles. The third-order valence-corrected chi connectivity index (χ3v) is 6.40. The Bertz CT molecular complexity index is 1060. The summed E-state index contributed by atoms with van der Waals surface area (Å²) in [5, 5.41) is 1.97. The Morgan fingerprint density at radius 2 is 1.62 bits per heavy atom. The standard InChI is InChI=1S/C20H14FO2S/c1-23-20(22)16-6-4-8-18-19(16)15-5-2-3-7-17(15)24(18)14-11-9-13(21)10-12-14/h2-12H,1H3/q+1. The Balaban J connectivity index is 2.16. The van der Waals surface area contributed by atoms with Crippen molar-refractivity contribution in [2.24, 2.45) is 0 Å². The molecular weight excluding hydrogens is 323 g/mol. The predicted molar refractivity (Wildman–Crippen MR) is 96.6 cm³/mol. The van der Waals surface area contributed by atoms with Gasteiger partial charge in [0.25, 0.3) is 0 Å². The normalized spacial score (nSPS) is 11.8. The molecule has 0 spiro atoms. The first-order chi connectivity index (χ1) is 11.7. The summed E-state index contributed by atoms with van der Waals surface area (Å²) in [5.41, 5.74) is 0.569. The topological polar surface area (TPSA) is 26.3 Å². The number of esters is 1. The van der Waals surface area contributed by atoms with Crippen molar-refractivity contribution in [1.29, 1.82) is 0 Å². The summed E-state index contributed by atoms with van der Waals surface area (Å²) in [4.78, 5) is 13.2. The molecule has 24 heavy (non-hydrogen) atoms. The SMILES string of the molecule is COC(=O)c1cccc2c1c1ccccc1[s+]2-c1ccc(F)cc1. The Kier molecular flexibility index (Phi) is 3.54. The average Bonchev–Trinajstić information content (AvgIpc) is 2.96. The zero-order valence-corrected chi connectivity index (χ0v) is 13.8. The Hall–Kier alpha value is -2.72. The molecule has 0 saturated carbocycles. The van der Waals surface area contributed by atoms with Crippen LogP contribution in [-0.4, -0.2) is 13.1 Å². The Morgan fingerprint density at radius 1 is 0.917 bits per heavy atom. The second-order valence-electron chi connectivity index (χ2n) is 5.43. The van der Waals surface area contributed by atoms with Crippen molar-refractivity contribution < 1.29 is 13.9 Å². The second-order valence-corrected chi connectivity index (χ2v) is 7.39. The Labute approximate surface area is 141 Å². The van der Waals surface area contributed by atoms with Crippen LogP contribution in [0.1, 0.15) is 10.4 Å². The minimum absolute atomic E-state index is 0.252. The molecule has 4 heteroatoms. The lowest BCUT2D eigenvalue weighted by molar-refractivity contribution is 0.0603. The maximum absolute atomic E-state index is 13.3. The second kappa shape index (κ2) is 5.73. The predicted octanol–water partition coefficient (Wildman–Crippen LogP) is 5.66. The molecule has 0 bridgehead atoms. The van der Waals surface area contributed by atoms with Crippen LogP contribution in [-0.2, 0) is 4.74 Å². The zero-order chi connectivity index (χ0) is 16.7. The molecule has 118 valence electrons. The highest BCUT2D eigenvalue weighted by molar-refractivity contribution is 7.50. The fraction of sp³-hybridized carbons (Fsp3) is 0.0500. The third kappa shape index (κ3) is 2.19. The van der Waals surface area contributed by atoms with E-state index in [2.05, 4.69) is 6.07 Å². The molecule has 3 aromatic carbocycles. The van der Waals surface area contributed by atoms with Crippen LogP contribution >= 0.6 is 10.5 Å². The van der Waals surface area contributed by atoms with Crippen molar-refractivity contribution >= 4 is 36.6 Å². The van der Waals surface area contributed by atoms with E-state index in [1.54, 1.807) is 6.07 Å². The van der Waals surface area contributed by atoms with Gasteiger partial charge in [-0.15, -0.1) is 0 Å². The highest BCUT2D eigenvalue weighted by Crippen LogP contribution is 2.49. The number of hydrogen-bond donors (Lipinski definition) is 0. The molecule has 0 aliphatic carbocycles. The minimum atomic E-state index is -0.352. The molecule has 0 fully saturated rings. The van der Waals surface area contributed by atoms with Crippen molar-refractivity contribution in [3.63, 3.8) is 0 Å². The number of rotatable bonds is 2. The van der Waals surface area contributed by atoms with Crippen molar-refractivity contribution in [3.05, 3.63) is 78.1 Å². The summed E-state index contributed by atoms with van der Waals surface area (Å²) in [7, 11) is 1.04. The molecule has 1 unspecified atom stereocenters. The van der Waals surface area contributed by atoms with E-state index in [0.29, 0.717) is 5.56 Å². The van der Waals surface area contributed by atoms with Gasteiger partial charge in [0.1, 0.15) is 5.82 Å². The summed E-state index contributed by atoms with van der Waals surface area (Å²) < 4.78 is 20.5. The fourth-order valence-corrected chi connectivity index (χ4v) is 5.45. The van der Waals surface area contributed by atoms with Crippen LogP contribution in [0, 0.1) is 5.82 Å². The number of carbonyl (C=O) groups excluding carboxylic acids is 1. The van der Waals surface area contributed by atoms with E-state index < -0.39 is 0 Å². The van der Waals surface area contributed by atoms with Crippen LogP contribution in [0.2, 0.25) is 0 Å². The van der Waals surface area contributed by atoms with E-state index in [0.717, 1.165) is 25.1 Å². The fourth-order valence-electron chi connectivity index (χ4n) is 3.05. The maximum Gasteiger partial charge on any atom is 0.338 e. The molecule has 4 rings (SSSR count). The lowest BCUT2D eigenvalue weighted by Crippen LogP contribution is -2.01. The molecule has 0 radical (unpaired) electrons. The number of hydrogen-bond acceptors (Lipinski definition) is 2. The van der Waals surface area contributed by atoms with E-state index in [4.69, 9.17) is 4.74 Å². The first-order valence-electron chi connectivity index (χ1n) is 7.51. The number of methoxy groups -OCH3 is 1. The van der Waals surface area contributed by atoms with Gasteiger partial charge in [-0.05, 0) is 36.4 Å². The highest BCUT2D eigenvalue weighted by atomic mass is 32.2. The number of fused-ring (bicyclic) bond motifs is 3. The lowest BCUT2D eigenvalue weighted by Gasteiger charge is -1.99. The molecule has 1 atom stereocenters. The Morgan fingerprint density at radius 3 is 2.38 bits per heavy atom. The smallest absolute Gasteiger partial charge is 0.338 e. The van der Waals surface area contributed by atoms with Crippen molar-refractivity contribution in [3.8, 4) is 4.90 Å². The molecule has 0 aliphatic heterocycles. The average molecular weight is 337 g/mol. The van der Waals surface area contributed by atoms with Crippen LogP contribution in [0.5, 0.6) is 0 Å². The number of carbonyl (C=O) groups is 1. The number of ether oxygens (including phenoxy) is 1. The molecule has 4 aromatic rings. The summed E-state index contributed by atoms with van der Waals surface area (Å²) in [5.74, 6) is -0.593. The van der Waals surface area contributed by atoms with Gasteiger partial charge in [-0.1, -0.05) is 18.2 Å². The summed E-state index contributed by atoms with van der Waals surface area (Å²) in [6.45, 7) is 0. The maximum atomic E-state index is 13.3. The van der Waals surface area contributed by atoms with Gasteiger partial charge in [0.05, 0.1) is 18.1 Å². The van der Waals surface area contributed by atoms with Gasteiger partial charge in [0.2, 0.25) is 0 Å². The lowest BCUT2D eigenvalue weighted by atomic mass is 10.1. The minimum Gasteiger partial charge on any atom is -0.465 e. The van der Waals surface area contributed by atoms with Crippen LogP contribution in [0.3, 0.4) is 0 Å². The number of thiophene rings is 1. The van der Waals surface area contributed by atoms with E-state index in [1.165, 1.54) is 19.2 Å². The largest absolute Gasteiger partial charge is 0.465 e. The molecule has 2 nitrogen and oxygen atoms in total. The monoisotopic (exact) mass is 337 g/mol. The first-order valence-corrected chi connectivity index (χ1v) is 8.74. The molecule has 0 aliphatic rings. The third-order valence-electron chi connectivity index (χ3n) is 4.08. The van der Waals surface area contributed by atoms with Gasteiger partial charge < -0.3 is 4.74 Å². The van der Waals surface area contributed by atoms with E-state index >= 15 is 0 Å². The van der Waals surface area contributed by atoms with Gasteiger partial charge >= 0.3 is 5.97 Å². The molecule has 0 N–H and O–H groups in total. The van der Waals surface area contributed by atoms with Crippen molar-refractivity contribution in [2.45, 2.75) is 0 Å².